The second-order valence-corrected chi connectivity index (χ2v) is 10.7. The monoisotopic (exact) mass is 528 g/mol. The topological polar surface area (TPSA) is 71.1 Å². The molecular formula is C30H37ClO6. The Morgan fingerprint density at radius 1 is 0.973 bits per heavy atom. The van der Waals surface area contributed by atoms with Crippen LogP contribution in [-0.2, 0) is 41.4 Å². The van der Waals surface area contributed by atoms with E-state index < -0.39 is 30.3 Å². The summed E-state index contributed by atoms with van der Waals surface area (Å²) in [4.78, 5) is 23.9. The number of halogens is 1. The number of rotatable bonds is 9. The van der Waals surface area contributed by atoms with Gasteiger partial charge < -0.3 is 18.9 Å². The molecule has 2 aliphatic rings. The van der Waals surface area contributed by atoms with Crippen LogP contribution in [0.1, 0.15) is 68.9 Å². The molecule has 2 aromatic carbocycles. The molecule has 0 spiro atoms. The lowest BCUT2D eigenvalue weighted by Crippen LogP contribution is -2.52. The average molecular weight is 529 g/mol. The number of benzene rings is 2. The van der Waals surface area contributed by atoms with Gasteiger partial charge in [-0.3, -0.25) is 9.59 Å². The van der Waals surface area contributed by atoms with E-state index in [0.29, 0.717) is 17.4 Å². The van der Waals surface area contributed by atoms with Crippen LogP contribution in [0.3, 0.4) is 0 Å². The van der Waals surface area contributed by atoms with E-state index in [9.17, 15) is 9.59 Å². The van der Waals surface area contributed by atoms with E-state index in [1.807, 2.05) is 32.0 Å². The van der Waals surface area contributed by atoms with Crippen LogP contribution in [0.15, 0.2) is 42.5 Å². The number of carbonyl (C=O) groups excluding carboxylic acids is 2. The van der Waals surface area contributed by atoms with E-state index >= 15 is 0 Å². The number of carbonyl (C=O) groups is 2. The summed E-state index contributed by atoms with van der Waals surface area (Å²) in [5, 5.41) is 0.662. The van der Waals surface area contributed by atoms with Gasteiger partial charge in [-0.15, -0.1) is 0 Å². The first-order chi connectivity index (χ1) is 17.7. The van der Waals surface area contributed by atoms with Gasteiger partial charge in [0.2, 0.25) is 0 Å². The van der Waals surface area contributed by atoms with Gasteiger partial charge in [-0.2, -0.15) is 0 Å². The molecule has 2 aliphatic heterocycles. The Bertz CT molecular complexity index is 1080. The number of hydrogen-bond acceptors (Lipinski definition) is 6. The summed E-state index contributed by atoms with van der Waals surface area (Å²) < 4.78 is 23.1. The van der Waals surface area contributed by atoms with Crippen molar-refractivity contribution in [3.05, 3.63) is 69.7 Å². The molecular weight excluding hydrogens is 492 g/mol. The van der Waals surface area contributed by atoms with Gasteiger partial charge in [0.15, 0.2) is 6.10 Å². The summed E-state index contributed by atoms with van der Waals surface area (Å²) >= 11 is 6.61. The Labute approximate surface area is 224 Å². The minimum Gasteiger partial charge on any atom is -0.458 e. The van der Waals surface area contributed by atoms with Crippen LogP contribution in [0.2, 0.25) is 5.02 Å². The smallest absolute Gasteiger partial charge is 0.303 e. The van der Waals surface area contributed by atoms with Gasteiger partial charge in [0.25, 0.3) is 0 Å². The normalized spacial score (nSPS) is 25.8. The third kappa shape index (κ3) is 6.92. The molecule has 5 atom stereocenters. The van der Waals surface area contributed by atoms with Gasteiger partial charge in [0.1, 0.15) is 12.2 Å². The second-order valence-electron chi connectivity index (χ2n) is 10.3. The summed E-state index contributed by atoms with van der Waals surface area (Å²) in [6.45, 7) is 8.49. The lowest BCUT2D eigenvalue weighted by Gasteiger charge is -2.44. The van der Waals surface area contributed by atoms with E-state index in [4.69, 9.17) is 30.5 Å². The molecule has 0 bridgehead atoms. The Hall–Kier alpha value is -2.41. The van der Waals surface area contributed by atoms with Gasteiger partial charge >= 0.3 is 11.9 Å². The Morgan fingerprint density at radius 3 is 2.22 bits per heavy atom. The summed E-state index contributed by atoms with van der Waals surface area (Å²) in [7, 11) is 0. The van der Waals surface area contributed by atoms with Crippen LogP contribution >= 0.6 is 11.6 Å². The highest BCUT2D eigenvalue weighted by Gasteiger charge is 2.47. The van der Waals surface area contributed by atoms with E-state index in [0.717, 1.165) is 49.2 Å². The van der Waals surface area contributed by atoms with Crippen molar-refractivity contribution in [2.75, 3.05) is 13.2 Å². The highest BCUT2D eigenvalue weighted by Crippen LogP contribution is 2.40. The Kier molecular flexibility index (Phi) is 9.27. The van der Waals surface area contributed by atoms with Crippen LogP contribution in [0, 0.1) is 11.8 Å². The molecule has 0 radical (unpaired) electrons. The van der Waals surface area contributed by atoms with Gasteiger partial charge in [0, 0.05) is 30.7 Å². The van der Waals surface area contributed by atoms with Crippen LogP contribution in [0.4, 0.5) is 0 Å². The van der Waals surface area contributed by atoms with Crippen molar-refractivity contribution >= 4 is 23.5 Å². The molecule has 6 nitrogen and oxygen atoms in total. The average Bonchev–Trinajstić information content (AvgIpc) is 2.83. The minimum absolute atomic E-state index is 0.128. The molecule has 0 aliphatic carbocycles. The van der Waals surface area contributed by atoms with Crippen LogP contribution in [0.5, 0.6) is 0 Å². The minimum atomic E-state index is -0.756. The van der Waals surface area contributed by atoms with Crippen molar-refractivity contribution in [2.24, 2.45) is 11.8 Å². The lowest BCUT2D eigenvalue weighted by molar-refractivity contribution is -0.225. The number of aryl methyl sites for hydroxylation is 1. The van der Waals surface area contributed by atoms with E-state index in [-0.39, 0.29) is 12.0 Å². The Balaban J connectivity index is 1.55. The molecule has 0 saturated carbocycles. The van der Waals surface area contributed by atoms with Crippen LogP contribution in [-0.4, -0.2) is 43.5 Å². The largest absolute Gasteiger partial charge is 0.458 e. The van der Waals surface area contributed by atoms with Crippen molar-refractivity contribution in [3.63, 3.8) is 0 Å². The fourth-order valence-electron chi connectivity index (χ4n) is 5.27. The molecule has 0 aromatic heterocycles. The van der Waals surface area contributed by atoms with E-state index in [1.165, 1.54) is 19.4 Å². The molecule has 0 N–H and O–H groups in total. The summed E-state index contributed by atoms with van der Waals surface area (Å²) in [5.41, 5.74) is 4.28. The van der Waals surface area contributed by atoms with Crippen molar-refractivity contribution < 1.29 is 28.5 Å². The fraction of sp³-hybridized carbons (Fsp3) is 0.533. The van der Waals surface area contributed by atoms with Crippen molar-refractivity contribution in [2.45, 2.75) is 77.8 Å². The quantitative estimate of drug-likeness (QED) is 0.380. The van der Waals surface area contributed by atoms with Crippen LogP contribution < -0.4 is 0 Å². The molecule has 2 saturated heterocycles. The molecule has 37 heavy (non-hydrogen) atoms. The number of hydrogen-bond donors (Lipinski definition) is 0. The Morgan fingerprint density at radius 2 is 1.62 bits per heavy atom. The zero-order valence-corrected chi connectivity index (χ0v) is 22.8. The van der Waals surface area contributed by atoms with Gasteiger partial charge in [0.05, 0.1) is 19.3 Å². The highest BCUT2D eigenvalue weighted by molar-refractivity contribution is 6.31. The number of ether oxygens (including phenoxy) is 4. The second kappa shape index (κ2) is 12.4. The predicted octanol–water partition coefficient (Wildman–Crippen LogP) is 5.86. The fourth-order valence-corrected chi connectivity index (χ4v) is 5.45. The molecule has 0 amide bonds. The first-order valence-electron chi connectivity index (χ1n) is 13.2. The molecule has 2 heterocycles. The molecule has 200 valence electrons. The maximum Gasteiger partial charge on any atom is 0.303 e. The van der Waals surface area contributed by atoms with Gasteiger partial charge in [-0.1, -0.05) is 61.8 Å². The highest BCUT2D eigenvalue weighted by atomic mass is 35.5. The maximum atomic E-state index is 12.0. The third-order valence-electron chi connectivity index (χ3n) is 7.42. The molecule has 4 rings (SSSR count). The summed E-state index contributed by atoms with van der Waals surface area (Å²) in [6.07, 6.45) is 1.52. The maximum absolute atomic E-state index is 12.0. The zero-order valence-electron chi connectivity index (χ0n) is 22.1. The summed E-state index contributed by atoms with van der Waals surface area (Å²) in [6, 6.07) is 14.4. The van der Waals surface area contributed by atoms with E-state index in [2.05, 4.69) is 24.3 Å². The van der Waals surface area contributed by atoms with Crippen molar-refractivity contribution in [3.8, 4) is 0 Å². The predicted molar refractivity (Wildman–Crippen MR) is 142 cm³/mol. The zero-order chi connectivity index (χ0) is 26.5. The van der Waals surface area contributed by atoms with E-state index in [1.54, 1.807) is 0 Å². The molecule has 2 aromatic rings. The summed E-state index contributed by atoms with van der Waals surface area (Å²) in [5.74, 6) is -0.297. The first-order valence-corrected chi connectivity index (χ1v) is 13.6. The SMILES string of the molecule is CC[C@H]1O[C@@H](c2ccc(Cl)c(Cc3ccc(CCC4COC4)cc3)c2)[C@H](OC(C)=O)[C@@H](OC(C)=O)[C@@H]1C. The number of esters is 2. The van der Waals surface area contributed by atoms with Crippen LogP contribution in [0.25, 0.3) is 0 Å². The van der Waals surface area contributed by atoms with Crippen molar-refractivity contribution in [1.82, 2.24) is 0 Å². The molecule has 0 unspecified atom stereocenters. The molecule has 2 fully saturated rings. The first kappa shape index (κ1) is 27.6. The standard InChI is InChI=1S/C30H37ClO6/c1-5-27-18(2)28(35-19(3)32)30(36-20(4)33)29(37-27)24-12-13-26(31)25(15-24)14-22-9-6-21(7-10-22)8-11-23-16-34-17-23/h6-7,9-10,12-13,15,18,23,27-30H,5,8,11,14,16-17H2,1-4H3/t18-,27-,28+,29+,30-/m1/s1. The van der Waals surface area contributed by atoms with Gasteiger partial charge in [-0.05, 0) is 54.0 Å². The lowest BCUT2D eigenvalue weighted by atomic mass is 9.84. The third-order valence-corrected chi connectivity index (χ3v) is 7.79. The van der Waals surface area contributed by atoms with Crippen molar-refractivity contribution in [1.29, 1.82) is 0 Å². The molecule has 7 heteroatoms. The van der Waals surface area contributed by atoms with Gasteiger partial charge in [-0.25, -0.2) is 0 Å².